The van der Waals surface area contributed by atoms with Crippen molar-refractivity contribution in [1.29, 1.82) is 5.41 Å². The first-order chi connectivity index (χ1) is 7.04. The highest BCUT2D eigenvalue weighted by atomic mass is 32.2. The zero-order valence-electron chi connectivity index (χ0n) is 8.35. The first-order valence-corrected chi connectivity index (χ1v) is 6.99. The number of aliphatic carboxylic acids is 1. The second-order valence-corrected chi connectivity index (χ2v) is 5.29. The Morgan fingerprint density at radius 3 is 2.40 bits per heavy atom. The number of carboxylic acids is 1. The van der Waals surface area contributed by atoms with E-state index in [9.17, 15) is 4.79 Å². The minimum Gasteiger partial charge on any atom is -0.481 e. The van der Waals surface area contributed by atoms with Crippen molar-refractivity contribution in [3.05, 3.63) is 0 Å². The van der Waals surface area contributed by atoms with Crippen molar-refractivity contribution in [3.63, 3.8) is 0 Å². The van der Waals surface area contributed by atoms with Crippen LogP contribution in [-0.4, -0.2) is 37.8 Å². The van der Waals surface area contributed by atoms with Crippen molar-refractivity contribution in [2.45, 2.75) is 25.7 Å². The van der Waals surface area contributed by atoms with Crippen LogP contribution in [0.4, 0.5) is 0 Å². The average molecular weight is 253 g/mol. The first-order valence-electron chi connectivity index (χ1n) is 4.59. The van der Waals surface area contributed by atoms with E-state index in [0.717, 1.165) is 12.2 Å². The monoisotopic (exact) mass is 253 g/mol. The van der Waals surface area contributed by atoms with Gasteiger partial charge in [0.25, 0.3) is 0 Å². The Bertz CT molecular complexity index is 213. The molecule has 0 saturated heterocycles. The van der Waals surface area contributed by atoms with Gasteiger partial charge < -0.3 is 20.3 Å². The molecule has 0 saturated carbocycles. The lowest BCUT2D eigenvalue weighted by Gasteiger charge is -2.04. The molecule has 0 amide bonds. The molecule has 0 aromatic carbocycles. The molecule has 0 unspecified atom stereocenters. The molecule has 0 aliphatic carbocycles. The van der Waals surface area contributed by atoms with Crippen LogP contribution < -0.4 is 0 Å². The molecule has 0 bridgehead atoms. The fourth-order valence-corrected chi connectivity index (χ4v) is 2.28. The molecule has 0 fully saturated rings. The van der Waals surface area contributed by atoms with Gasteiger partial charge in [0.05, 0.1) is 5.45 Å². The predicted octanol–water partition coefficient (Wildman–Crippen LogP) is 1.64. The molecule has 4 N–H and O–H groups in total. The lowest BCUT2D eigenvalue weighted by molar-refractivity contribution is -0.137. The third kappa shape index (κ3) is 10.1. The Hall–Kier alpha value is -0.160. The summed E-state index contributed by atoms with van der Waals surface area (Å²) < 4.78 is 0. The Balaban J connectivity index is 3.18. The quantitative estimate of drug-likeness (QED) is 0.284. The molecule has 15 heavy (non-hydrogen) atoms. The molecule has 0 aromatic rings. The van der Waals surface area contributed by atoms with E-state index in [4.69, 9.17) is 20.3 Å². The summed E-state index contributed by atoms with van der Waals surface area (Å²) in [6.07, 6.45) is 2.11. The smallest absolute Gasteiger partial charge is 0.303 e. The number of hydrogen-bond donors (Lipinski definition) is 4. The molecule has 0 aromatic heterocycles. The summed E-state index contributed by atoms with van der Waals surface area (Å²) in [5.41, 5.74) is -0.0111. The summed E-state index contributed by atoms with van der Waals surface area (Å²) in [5, 5.41) is 15.5. The number of carbonyl (C=O) groups is 1. The molecule has 0 heterocycles. The van der Waals surface area contributed by atoms with Gasteiger partial charge in [0.15, 0.2) is 0 Å². The summed E-state index contributed by atoms with van der Waals surface area (Å²) in [6, 6.07) is 0. The van der Waals surface area contributed by atoms with E-state index < -0.39 is 14.3 Å². The van der Waals surface area contributed by atoms with Gasteiger partial charge in [-0.25, -0.2) is 0 Å². The van der Waals surface area contributed by atoms with E-state index >= 15 is 0 Å². The molecule has 0 aliphatic rings. The fraction of sp³-hybridized carbons (Fsp3) is 0.750. The van der Waals surface area contributed by atoms with Crippen LogP contribution in [0.25, 0.3) is 0 Å². The Morgan fingerprint density at radius 1 is 1.20 bits per heavy atom. The van der Waals surface area contributed by atoms with Crippen LogP contribution in [0.1, 0.15) is 25.7 Å². The van der Waals surface area contributed by atoms with Gasteiger partial charge in [-0.2, -0.15) is 11.8 Å². The largest absolute Gasteiger partial charge is 0.481 e. The maximum absolute atomic E-state index is 10.2. The Labute approximate surface area is 94.3 Å². The van der Waals surface area contributed by atoms with E-state index in [1.807, 2.05) is 0 Å². The molecule has 0 aliphatic heterocycles. The molecule has 0 spiro atoms. The second kappa shape index (κ2) is 9.09. The molecule has 0 radical (unpaired) electrons. The van der Waals surface area contributed by atoms with Crippen LogP contribution in [-0.2, 0) is 4.79 Å². The fourth-order valence-electron chi connectivity index (χ4n) is 0.851. The highest BCUT2D eigenvalue weighted by Crippen LogP contribution is 2.27. The minimum absolute atomic E-state index is 0.0111. The Morgan fingerprint density at radius 2 is 1.87 bits per heavy atom. The highest BCUT2D eigenvalue weighted by Gasteiger charge is 2.06. The number of carboxylic acid groups (broad SMARTS) is 1. The lowest BCUT2D eigenvalue weighted by atomic mass is 10.3. The number of thioether (sulfide) groups is 1. The van der Waals surface area contributed by atoms with Gasteiger partial charge in [-0.3, -0.25) is 4.79 Å². The third-order valence-corrected chi connectivity index (χ3v) is 3.43. The van der Waals surface area contributed by atoms with Gasteiger partial charge in [0.2, 0.25) is 8.38 Å². The van der Waals surface area contributed by atoms with Gasteiger partial charge in [0.1, 0.15) is 0 Å². The number of hydrogen-bond acceptors (Lipinski definition) is 5. The SMILES string of the molecule is N=C(CCSCCCCC(=O)O)P(O)O. The Kier molecular flexibility index (Phi) is 9.00. The maximum Gasteiger partial charge on any atom is 0.303 e. The van der Waals surface area contributed by atoms with Crippen molar-refractivity contribution in [1.82, 2.24) is 0 Å². The second-order valence-electron chi connectivity index (χ2n) is 2.95. The lowest BCUT2D eigenvalue weighted by Crippen LogP contribution is -1.97. The van der Waals surface area contributed by atoms with Crippen molar-refractivity contribution in [2.75, 3.05) is 11.5 Å². The third-order valence-electron chi connectivity index (χ3n) is 1.65. The standard InChI is InChI=1S/C8H16NO4PS/c9-7(14(12)13)4-6-15-5-2-1-3-8(10)11/h9,12-13H,1-6H2,(H,10,11). The molecule has 88 valence electrons. The van der Waals surface area contributed by atoms with Crippen LogP contribution in [0, 0.1) is 5.41 Å². The van der Waals surface area contributed by atoms with Gasteiger partial charge in [0, 0.05) is 12.8 Å². The summed E-state index contributed by atoms with van der Waals surface area (Å²) in [5.74, 6) is 0.772. The van der Waals surface area contributed by atoms with Gasteiger partial charge in [-0.1, -0.05) is 0 Å². The van der Waals surface area contributed by atoms with Crippen molar-refractivity contribution < 1.29 is 19.7 Å². The molecule has 0 rings (SSSR count). The van der Waals surface area contributed by atoms with Gasteiger partial charge in [-0.15, -0.1) is 0 Å². The van der Waals surface area contributed by atoms with Crippen LogP contribution in [0.5, 0.6) is 0 Å². The summed E-state index contributed by atoms with van der Waals surface area (Å²) >= 11 is 1.61. The van der Waals surface area contributed by atoms with E-state index in [1.54, 1.807) is 11.8 Å². The van der Waals surface area contributed by atoms with E-state index in [1.165, 1.54) is 0 Å². The molecular weight excluding hydrogens is 237 g/mol. The van der Waals surface area contributed by atoms with E-state index in [2.05, 4.69) is 0 Å². The zero-order chi connectivity index (χ0) is 11.7. The maximum atomic E-state index is 10.2. The highest BCUT2D eigenvalue weighted by molar-refractivity contribution is 7.99. The first kappa shape index (κ1) is 14.8. The van der Waals surface area contributed by atoms with E-state index in [-0.39, 0.29) is 11.9 Å². The van der Waals surface area contributed by atoms with Crippen LogP contribution >= 0.6 is 20.1 Å². The number of nitrogens with one attached hydrogen (secondary N) is 1. The van der Waals surface area contributed by atoms with Gasteiger partial charge >= 0.3 is 5.97 Å². The summed E-state index contributed by atoms with van der Waals surface area (Å²) in [4.78, 5) is 27.5. The molecule has 5 nitrogen and oxygen atoms in total. The van der Waals surface area contributed by atoms with Crippen LogP contribution in [0.3, 0.4) is 0 Å². The topological polar surface area (TPSA) is 102 Å². The molecule has 7 heteroatoms. The average Bonchev–Trinajstić information content (AvgIpc) is 2.15. The van der Waals surface area contributed by atoms with Gasteiger partial charge in [-0.05, 0) is 24.3 Å². The number of rotatable bonds is 9. The van der Waals surface area contributed by atoms with Crippen molar-refractivity contribution >= 4 is 31.6 Å². The normalized spacial score (nSPS) is 10.6. The number of unbranched alkanes of at least 4 members (excludes halogenated alkanes) is 1. The van der Waals surface area contributed by atoms with Crippen molar-refractivity contribution in [3.8, 4) is 0 Å². The zero-order valence-corrected chi connectivity index (χ0v) is 10.1. The summed E-state index contributed by atoms with van der Waals surface area (Å²) in [7, 11) is -2.21. The van der Waals surface area contributed by atoms with Crippen LogP contribution in [0.2, 0.25) is 0 Å². The van der Waals surface area contributed by atoms with E-state index in [0.29, 0.717) is 18.6 Å². The van der Waals surface area contributed by atoms with Crippen LogP contribution in [0.15, 0.2) is 0 Å². The molecule has 0 atom stereocenters. The summed E-state index contributed by atoms with van der Waals surface area (Å²) in [6.45, 7) is 0. The minimum atomic E-state index is -2.21. The van der Waals surface area contributed by atoms with Crippen molar-refractivity contribution in [2.24, 2.45) is 0 Å². The predicted molar refractivity (Wildman–Crippen MR) is 62.5 cm³/mol. The molecular formula is C8H16NO4PS.